The van der Waals surface area contributed by atoms with Gasteiger partial charge in [-0.25, -0.2) is 12.7 Å². The fourth-order valence-electron chi connectivity index (χ4n) is 2.20. The molecule has 1 saturated carbocycles. The van der Waals surface area contributed by atoms with E-state index in [0.29, 0.717) is 5.69 Å². The average molecular weight is 297 g/mol. The number of nitrogens with two attached hydrogens (primary N) is 1. The number of sulfonamides is 1. The van der Waals surface area contributed by atoms with Crippen LogP contribution < -0.4 is 10.6 Å². The molecule has 1 aromatic rings. The Labute approximate surface area is 121 Å². The monoisotopic (exact) mass is 297 g/mol. The van der Waals surface area contributed by atoms with E-state index in [4.69, 9.17) is 5.73 Å². The number of hydrogen-bond donors (Lipinski definition) is 1. The largest absolute Gasteiger partial charge is 0.397 e. The lowest BCUT2D eigenvalue weighted by Gasteiger charge is -2.25. The van der Waals surface area contributed by atoms with Crippen LogP contribution in [0.4, 0.5) is 11.4 Å². The molecule has 0 amide bonds. The van der Waals surface area contributed by atoms with E-state index >= 15 is 0 Å². The Hall–Kier alpha value is -1.27. The molecule has 2 rings (SSSR count). The summed E-state index contributed by atoms with van der Waals surface area (Å²) in [6.07, 6.45) is 2.56. The summed E-state index contributed by atoms with van der Waals surface area (Å²) in [6, 6.07) is 5.01. The third-order valence-corrected chi connectivity index (χ3v) is 5.49. The van der Waals surface area contributed by atoms with Crippen LogP contribution in [0, 0.1) is 5.92 Å². The van der Waals surface area contributed by atoms with E-state index < -0.39 is 10.0 Å². The van der Waals surface area contributed by atoms with Gasteiger partial charge in [0.25, 0.3) is 0 Å². The van der Waals surface area contributed by atoms with E-state index in [1.165, 1.54) is 31.2 Å². The SMILES string of the molecule is CCN(CC1CC1)c1ccc(S(=O)(=O)N(C)C)cc1N. The predicted molar refractivity (Wildman–Crippen MR) is 82.3 cm³/mol. The van der Waals surface area contributed by atoms with Crippen molar-refractivity contribution < 1.29 is 8.42 Å². The zero-order valence-corrected chi connectivity index (χ0v) is 13.2. The maximum Gasteiger partial charge on any atom is 0.242 e. The molecule has 0 aromatic heterocycles. The van der Waals surface area contributed by atoms with E-state index in [1.54, 1.807) is 12.1 Å². The highest BCUT2D eigenvalue weighted by molar-refractivity contribution is 7.89. The van der Waals surface area contributed by atoms with Gasteiger partial charge in [-0.3, -0.25) is 0 Å². The number of nitrogen functional groups attached to an aromatic ring is 1. The number of anilines is 2. The van der Waals surface area contributed by atoms with Crippen molar-refractivity contribution in [2.24, 2.45) is 5.92 Å². The first-order chi connectivity index (χ1) is 9.36. The summed E-state index contributed by atoms with van der Waals surface area (Å²) in [7, 11) is -0.387. The van der Waals surface area contributed by atoms with E-state index in [0.717, 1.165) is 24.7 Å². The number of benzene rings is 1. The zero-order valence-electron chi connectivity index (χ0n) is 12.3. The number of rotatable bonds is 6. The Kier molecular flexibility index (Phi) is 4.25. The topological polar surface area (TPSA) is 66.6 Å². The van der Waals surface area contributed by atoms with Crippen LogP contribution in [0.2, 0.25) is 0 Å². The molecule has 1 aliphatic carbocycles. The molecule has 112 valence electrons. The smallest absolute Gasteiger partial charge is 0.242 e. The minimum atomic E-state index is -3.42. The summed E-state index contributed by atoms with van der Waals surface area (Å²) in [5, 5.41) is 0. The van der Waals surface area contributed by atoms with Gasteiger partial charge in [-0.1, -0.05) is 0 Å². The van der Waals surface area contributed by atoms with Crippen molar-refractivity contribution in [1.82, 2.24) is 4.31 Å². The van der Waals surface area contributed by atoms with Gasteiger partial charge in [-0.05, 0) is 43.9 Å². The van der Waals surface area contributed by atoms with E-state index in [9.17, 15) is 8.42 Å². The summed E-state index contributed by atoms with van der Waals surface area (Å²) in [4.78, 5) is 2.46. The molecule has 6 heteroatoms. The standard InChI is InChI=1S/C14H23N3O2S/c1-4-17(10-11-5-6-11)14-8-7-12(9-13(14)15)20(18,19)16(2)3/h7-9,11H,4-6,10,15H2,1-3H3. The third kappa shape index (κ3) is 3.07. The minimum absolute atomic E-state index is 0.242. The first kappa shape index (κ1) is 15.1. The van der Waals surface area contributed by atoms with Crippen LogP contribution in [0.1, 0.15) is 19.8 Å². The minimum Gasteiger partial charge on any atom is -0.397 e. The number of nitrogens with zero attached hydrogens (tertiary/aromatic N) is 2. The van der Waals surface area contributed by atoms with E-state index in [2.05, 4.69) is 11.8 Å². The Morgan fingerprint density at radius 2 is 1.95 bits per heavy atom. The lowest BCUT2D eigenvalue weighted by atomic mass is 10.2. The molecule has 1 fully saturated rings. The van der Waals surface area contributed by atoms with Crippen molar-refractivity contribution in [3.63, 3.8) is 0 Å². The molecule has 1 aliphatic rings. The highest BCUT2D eigenvalue weighted by Gasteiger charge is 2.25. The fourth-order valence-corrected chi connectivity index (χ4v) is 3.14. The second-order valence-electron chi connectivity index (χ2n) is 5.49. The molecule has 0 saturated heterocycles. The molecule has 2 N–H and O–H groups in total. The second-order valence-corrected chi connectivity index (χ2v) is 7.64. The predicted octanol–water partition coefficient (Wildman–Crippen LogP) is 1.76. The molecule has 0 aliphatic heterocycles. The summed E-state index contributed by atoms with van der Waals surface area (Å²) >= 11 is 0. The van der Waals surface area contributed by atoms with Crippen LogP contribution in [0.25, 0.3) is 0 Å². The Morgan fingerprint density at radius 3 is 2.40 bits per heavy atom. The van der Waals surface area contributed by atoms with Crippen LogP contribution in [0.5, 0.6) is 0 Å². The van der Waals surface area contributed by atoms with Gasteiger partial charge < -0.3 is 10.6 Å². The van der Waals surface area contributed by atoms with Gasteiger partial charge >= 0.3 is 0 Å². The summed E-state index contributed by atoms with van der Waals surface area (Å²) in [5.41, 5.74) is 7.52. The molecular weight excluding hydrogens is 274 g/mol. The normalized spacial score (nSPS) is 15.6. The third-order valence-electron chi connectivity index (χ3n) is 3.68. The summed E-state index contributed by atoms with van der Waals surface area (Å²) in [5.74, 6) is 0.763. The highest BCUT2D eigenvalue weighted by atomic mass is 32.2. The number of hydrogen-bond acceptors (Lipinski definition) is 4. The van der Waals surface area contributed by atoms with E-state index in [-0.39, 0.29) is 4.90 Å². The van der Waals surface area contributed by atoms with Crippen molar-refractivity contribution in [2.75, 3.05) is 37.8 Å². The van der Waals surface area contributed by atoms with Crippen LogP contribution in [-0.4, -0.2) is 39.9 Å². The lowest BCUT2D eigenvalue weighted by Crippen LogP contribution is -2.26. The van der Waals surface area contributed by atoms with Crippen molar-refractivity contribution in [2.45, 2.75) is 24.7 Å². The van der Waals surface area contributed by atoms with Crippen LogP contribution >= 0.6 is 0 Å². The first-order valence-corrected chi connectivity index (χ1v) is 8.37. The molecule has 5 nitrogen and oxygen atoms in total. The summed E-state index contributed by atoms with van der Waals surface area (Å²) in [6.45, 7) is 3.97. The van der Waals surface area contributed by atoms with Gasteiger partial charge in [-0.2, -0.15) is 0 Å². The van der Waals surface area contributed by atoms with Crippen molar-refractivity contribution >= 4 is 21.4 Å². The Balaban J connectivity index is 2.29. The maximum absolute atomic E-state index is 12.1. The molecule has 1 aromatic carbocycles. The van der Waals surface area contributed by atoms with E-state index in [1.807, 2.05) is 6.07 Å². The van der Waals surface area contributed by atoms with Crippen LogP contribution in [0.15, 0.2) is 23.1 Å². The molecule has 0 unspecified atom stereocenters. The van der Waals surface area contributed by atoms with Gasteiger partial charge in [0.05, 0.1) is 16.3 Å². The van der Waals surface area contributed by atoms with Crippen molar-refractivity contribution in [3.8, 4) is 0 Å². The fraction of sp³-hybridized carbons (Fsp3) is 0.571. The zero-order chi connectivity index (χ0) is 14.9. The van der Waals surface area contributed by atoms with Gasteiger partial charge in [0.15, 0.2) is 0 Å². The summed E-state index contributed by atoms with van der Waals surface area (Å²) < 4.78 is 25.4. The average Bonchev–Trinajstić information content (AvgIpc) is 3.20. The molecule has 0 bridgehead atoms. The van der Waals surface area contributed by atoms with Gasteiger partial charge in [-0.15, -0.1) is 0 Å². The maximum atomic E-state index is 12.1. The quantitative estimate of drug-likeness (QED) is 0.812. The highest BCUT2D eigenvalue weighted by Crippen LogP contribution is 2.34. The van der Waals surface area contributed by atoms with Crippen molar-refractivity contribution in [1.29, 1.82) is 0 Å². The Bertz CT molecular complexity index is 580. The molecular formula is C14H23N3O2S. The van der Waals surface area contributed by atoms with Crippen molar-refractivity contribution in [3.05, 3.63) is 18.2 Å². The molecule has 20 heavy (non-hydrogen) atoms. The molecule has 0 radical (unpaired) electrons. The molecule has 0 spiro atoms. The van der Waals surface area contributed by atoms with Crippen LogP contribution in [0.3, 0.4) is 0 Å². The van der Waals surface area contributed by atoms with Crippen LogP contribution in [-0.2, 0) is 10.0 Å². The second kappa shape index (κ2) is 5.61. The first-order valence-electron chi connectivity index (χ1n) is 6.93. The Morgan fingerprint density at radius 1 is 1.30 bits per heavy atom. The molecule has 0 atom stereocenters. The lowest BCUT2D eigenvalue weighted by molar-refractivity contribution is 0.521. The van der Waals surface area contributed by atoms with Gasteiger partial charge in [0, 0.05) is 27.2 Å². The van der Waals surface area contributed by atoms with Gasteiger partial charge in [0.2, 0.25) is 10.0 Å². The van der Waals surface area contributed by atoms with Gasteiger partial charge in [0.1, 0.15) is 0 Å². The molecule has 0 heterocycles.